The predicted molar refractivity (Wildman–Crippen MR) is 68.4 cm³/mol. The maximum Gasteiger partial charge on any atom is 0.223 e. The normalized spacial score (nSPS) is 15.3. The minimum atomic E-state index is 0.309. The molecule has 0 aromatic carbocycles. The first-order valence-electron chi connectivity index (χ1n) is 6.47. The lowest BCUT2D eigenvalue weighted by Gasteiger charge is -2.23. The van der Waals surface area contributed by atoms with Crippen LogP contribution in [0.3, 0.4) is 0 Å². The molecule has 0 saturated heterocycles. The summed E-state index contributed by atoms with van der Waals surface area (Å²) < 4.78 is 2.10. The molecule has 1 heterocycles. The fourth-order valence-corrected chi connectivity index (χ4v) is 2.11. The van der Waals surface area contributed by atoms with Gasteiger partial charge >= 0.3 is 0 Å². The molecule has 94 valence electrons. The zero-order valence-corrected chi connectivity index (χ0v) is 11.0. The van der Waals surface area contributed by atoms with E-state index in [1.807, 2.05) is 19.3 Å². The zero-order valence-electron chi connectivity index (χ0n) is 11.0. The second kappa shape index (κ2) is 4.94. The van der Waals surface area contributed by atoms with Crippen LogP contribution in [0.5, 0.6) is 0 Å². The molecule has 1 aromatic rings. The summed E-state index contributed by atoms with van der Waals surface area (Å²) in [6.07, 6.45) is 5.05. The molecule has 1 aliphatic rings. The van der Waals surface area contributed by atoms with Gasteiger partial charge in [0.25, 0.3) is 0 Å². The number of hydrogen-bond acceptors (Lipinski definition) is 1. The van der Waals surface area contributed by atoms with Crippen molar-refractivity contribution in [2.24, 2.45) is 13.0 Å². The number of carbonyl (C=O) groups excluding carboxylic acids is 1. The Bertz CT molecular complexity index is 391. The Balaban J connectivity index is 2.03. The van der Waals surface area contributed by atoms with E-state index in [2.05, 4.69) is 29.4 Å². The van der Waals surface area contributed by atoms with Gasteiger partial charge in [0.15, 0.2) is 0 Å². The van der Waals surface area contributed by atoms with Crippen LogP contribution in [0.2, 0.25) is 0 Å². The van der Waals surface area contributed by atoms with E-state index in [4.69, 9.17) is 0 Å². The molecule has 0 aliphatic heterocycles. The van der Waals surface area contributed by atoms with E-state index in [-0.39, 0.29) is 0 Å². The third-order valence-corrected chi connectivity index (χ3v) is 3.27. The number of hydrogen-bond donors (Lipinski definition) is 0. The van der Waals surface area contributed by atoms with E-state index in [1.165, 1.54) is 18.5 Å². The monoisotopic (exact) mass is 234 g/mol. The fraction of sp³-hybridized carbons (Fsp3) is 0.643. The minimum Gasteiger partial charge on any atom is -0.353 e. The number of carbonyl (C=O) groups is 1. The van der Waals surface area contributed by atoms with Gasteiger partial charge in [0, 0.05) is 31.4 Å². The van der Waals surface area contributed by atoms with Gasteiger partial charge in [-0.25, -0.2) is 0 Å². The number of amides is 1. The molecule has 17 heavy (non-hydrogen) atoms. The van der Waals surface area contributed by atoms with Crippen molar-refractivity contribution in [3.8, 4) is 0 Å². The standard InChI is InChI=1S/C14H22N2O/c1-11(2)9-14(17)16(12-6-7-12)10-13-5-4-8-15(13)3/h4-5,8,11-12H,6-7,9-10H2,1-3H3. The summed E-state index contributed by atoms with van der Waals surface area (Å²) in [6.45, 7) is 4.97. The van der Waals surface area contributed by atoms with Crippen LogP contribution in [-0.4, -0.2) is 21.4 Å². The van der Waals surface area contributed by atoms with Crippen LogP contribution < -0.4 is 0 Å². The molecule has 1 aliphatic carbocycles. The summed E-state index contributed by atoms with van der Waals surface area (Å²) in [6, 6.07) is 4.63. The topological polar surface area (TPSA) is 25.2 Å². The quantitative estimate of drug-likeness (QED) is 0.768. The molecule has 0 N–H and O–H groups in total. The van der Waals surface area contributed by atoms with E-state index in [1.54, 1.807) is 0 Å². The van der Waals surface area contributed by atoms with Crippen LogP contribution in [0.25, 0.3) is 0 Å². The van der Waals surface area contributed by atoms with Crippen LogP contribution >= 0.6 is 0 Å². The highest BCUT2D eigenvalue weighted by atomic mass is 16.2. The van der Waals surface area contributed by atoms with Gasteiger partial charge in [-0.15, -0.1) is 0 Å². The van der Waals surface area contributed by atoms with Gasteiger partial charge in [-0.05, 0) is 30.9 Å². The van der Waals surface area contributed by atoms with Gasteiger partial charge < -0.3 is 9.47 Å². The molecule has 3 heteroatoms. The third kappa shape index (κ3) is 3.11. The van der Waals surface area contributed by atoms with Crippen molar-refractivity contribution >= 4 is 5.91 Å². The van der Waals surface area contributed by atoms with E-state index in [0.717, 1.165) is 6.54 Å². The second-order valence-corrected chi connectivity index (χ2v) is 5.46. The summed E-state index contributed by atoms with van der Waals surface area (Å²) >= 11 is 0. The smallest absolute Gasteiger partial charge is 0.223 e. The Morgan fingerprint density at radius 2 is 2.24 bits per heavy atom. The molecule has 1 amide bonds. The lowest BCUT2D eigenvalue weighted by atomic mass is 10.1. The first kappa shape index (κ1) is 12.2. The van der Waals surface area contributed by atoms with Crippen molar-refractivity contribution in [2.45, 2.75) is 45.7 Å². The van der Waals surface area contributed by atoms with Crippen LogP contribution in [0.4, 0.5) is 0 Å². The molecular formula is C14H22N2O. The van der Waals surface area contributed by atoms with Gasteiger partial charge in [-0.1, -0.05) is 13.8 Å². The minimum absolute atomic E-state index is 0.309. The molecule has 3 nitrogen and oxygen atoms in total. The SMILES string of the molecule is CC(C)CC(=O)N(Cc1cccn1C)C1CC1. The lowest BCUT2D eigenvalue weighted by Crippen LogP contribution is -2.33. The molecular weight excluding hydrogens is 212 g/mol. The van der Waals surface area contributed by atoms with Crippen molar-refractivity contribution in [1.82, 2.24) is 9.47 Å². The van der Waals surface area contributed by atoms with E-state index < -0.39 is 0 Å². The fourth-order valence-electron chi connectivity index (χ4n) is 2.11. The first-order chi connectivity index (χ1) is 8.08. The van der Waals surface area contributed by atoms with Crippen LogP contribution in [0.15, 0.2) is 18.3 Å². The third-order valence-electron chi connectivity index (χ3n) is 3.27. The van der Waals surface area contributed by atoms with E-state index in [0.29, 0.717) is 24.3 Å². The van der Waals surface area contributed by atoms with E-state index >= 15 is 0 Å². The van der Waals surface area contributed by atoms with Crippen molar-refractivity contribution in [2.75, 3.05) is 0 Å². The summed E-state index contributed by atoms with van der Waals surface area (Å²) in [5.74, 6) is 0.751. The Hall–Kier alpha value is -1.25. The molecule has 1 aromatic heterocycles. The number of nitrogens with zero attached hydrogens (tertiary/aromatic N) is 2. The highest BCUT2D eigenvalue weighted by Gasteiger charge is 2.32. The zero-order chi connectivity index (χ0) is 12.4. The average Bonchev–Trinajstić information content (AvgIpc) is 2.99. The Kier molecular flexibility index (Phi) is 3.55. The van der Waals surface area contributed by atoms with Gasteiger partial charge in [-0.3, -0.25) is 4.79 Å². The Morgan fingerprint density at radius 1 is 1.53 bits per heavy atom. The van der Waals surface area contributed by atoms with Gasteiger partial charge in [-0.2, -0.15) is 0 Å². The highest BCUT2D eigenvalue weighted by Crippen LogP contribution is 2.29. The molecule has 0 bridgehead atoms. The summed E-state index contributed by atoms with van der Waals surface area (Å²) in [5.41, 5.74) is 1.22. The maximum atomic E-state index is 12.2. The van der Waals surface area contributed by atoms with E-state index in [9.17, 15) is 4.79 Å². The first-order valence-corrected chi connectivity index (χ1v) is 6.47. The largest absolute Gasteiger partial charge is 0.353 e. The molecule has 0 atom stereocenters. The molecule has 2 rings (SSSR count). The molecule has 0 spiro atoms. The molecule has 0 unspecified atom stereocenters. The number of aryl methyl sites for hydroxylation is 1. The summed E-state index contributed by atoms with van der Waals surface area (Å²) in [7, 11) is 2.04. The number of rotatable bonds is 5. The molecule has 1 saturated carbocycles. The molecule has 1 fully saturated rings. The van der Waals surface area contributed by atoms with Crippen LogP contribution in [0, 0.1) is 5.92 Å². The summed E-state index contributed by atoms with van der Waals surface area (Å²) in [5, 5.41) is 0. The van der Waals surface area contributed by atoms with Crippen LogP contribution in [0.1, 0.15) is 38.8 Å². The van der Waals surface area contributed by atoms with Crippen molar-refractivity contribution in [1.29, 1.82) is 0 Å². The average molecular weight is 234 g/mol. The van der Waals surface area contributed by atoms with Crippen LogP contribution in [-0.2, 0) is 18.4 Å². The second-order valence-electron chi connectivity index (χ2n) is 5.46. The number of aromatic nitrogens is 1. The van der Waals surface area contributed by atoms with Gasteiger partial charge in [0.2, 0.25) is 5.91 Å². The lowest BCUT2D eigenvalue weighted by molar-refractivity contribution is -0.133. The van der Waals surface area contributed by atoms with Crippen molar-refractivity contribution in [3.05, 3.63) is 24.0 Å². The van der Waals surface area contributed by atoms with Crippen molar-refractivity contribution in [3.63, 3.8) is 0 Å². The maximum absolute atomic E-state index is 12.2. The highest BCUT2D eigenvalue weighted by molar-refractivity contribution is 5.77. The van der Waals surface area contributed by atoms with Gasteiger partial charge in [0.1, 0.15) is 0 Å². The van der Waals surface area contributed by atoms with Gasteiger partial charge in [0.05, 0.1) is 6.54 Å². The predicted octanol–water partition coefficient (Wildman–Crippen LogP) is 2.56. The van der Waals surface area contributed by atoms with Crippen molar-refractivity contribution < 1.29 is 4.79 Å². The summed E-state index contributed by atoms with van der Waals surface area (Å²) in [4.78, 5) is 14.3. The Morgan fingerprint density at radius 3 is 2.71 bits per heavy atom. The Labute approximate surface area is 103 Å². The molecule has 0 radical (unpaired) electrons.